The molecule has 20 heavy (non-hydrogen) atoms. The zero-order chi connectivity index (χ0) is 14.7. The molecule has 1 heterocycles. The van der Waals surface area contributed by atoms with Gasteiger partial charge in [-0.05, 0) is 18.6 Å². The third-order valence-electron chi connectivity index (χ3n) is 3.12. The Morgan fingerprint density at radius 2 is 2.10 bits per heavy atom. The summed E-state index contributed by atoms with van der Waals surface area (Å²) in [6.45, 7) is 2.58. The average molecular weight is 314 g/mol. The summed E-state index contributed by atoms with van der Waals surface area (Å²) in [5.74, 6) is 0.752. The number of aromatic nitrogens is 2. The Hall–Kier alpha value is -1.39. The fourth-order valence-corrected chi connectivity index (χ4v) is 2.50. The topological polar surface area (TPSA) is 39.1 Å². The number of methoxy groups -OCH3 is 1. The fraction of sp³-hybridized carbons (Fsp3) is 0.357. The number of hydrogen-bond donors (Lipinski definition) is 1. The number of anilines is 1. The van der Waals surface area contributed by atoms with Crippen LogP contribution in [0, 0.1) is 0 Å². The molecule has 1 aromatic heterocycles. The number of hydrogen-bond acceptors (Lipinski definition) is 3. The normalized spacial score (nSPS) is 10.7. The van der Waals surface area contributed by atoms with E-state index < -0.39 is 0 Å². The van der Waals surface area contributed by atoms with Crippen LogP contribution in [0.3, 0.4) is 0 Å². The summed E-state index contributed by atoms with van der Waals surface area (Å²) in [6.07, 6.45) is 0.812. The summed E-state index contributed by atoms with van der Waals surface area (Å²) in [6, 6.07) is 5.47. The van der Waals surface area contributed by atoms with E-state index in [9.17, 15) is 0 Å². The minimum Gasteiger partial charge on any atom is -0.497 e. The number of nitrogens with zero attached hydrogens (tertiary/aromatic N) is 2. The van der Waals surface area contributed by atoms with Crippen LogP contribution in [-0.4, -0.2) is 16.9 Å². The first-order chi connectivity index (χ1) is 9.56. The number of halogens is 2. The van der Waals surface area contributed by atoms with E-state index in [-0.39, 0.29) is 0 Å². The molecule has 1 N–H and O–H groups in total. The molecule has 0 unspecified atom stereocenters. The van der Waals surface area contributed by atoms with Gasteiger partial charge in [0.05, 0.1) is 40.8 Å². The summed E-state index contributed by atoms with van der Waals surface area (Å²) in [5.41, 5.74) is 2.64. The quantitative estimate of drug-likeness (QED) is 0.909. The van der Waals surface area contributed by atoms with Gasteiger partial charge < -0.3 is 10.1 Å². The fourth-order valence-electron chi connectivity index (χ4n) is 1.96. The molecule has 0 aliphatic rings. The van der Waals surface area contributed by atoms with E-state index in [1.165, 1.54) is 0 Å². The van der Waals surface area contributed by atoms with Gasteiger partial charge >= 0.3 is 0 Å². The van der Waals surface area contributed by atoms with E-state index in [1.54, 1.807) is 17.9 Å². The third kappa shape index (κ3) is 3.02. The van der Waals surface area contributed by atoms with Gasteiger partial charge in [0, 0.05) is 13.1 Å². The highest BCUT2D eigenvalue weighted by Gasteiger charge is 2.13. The molecule has 0 spiro atoms. The van der Waals surface area contributed by atoms with Crippen LogP contribution in [0.15, 0.2) is 18.2 Å². The minimum absolute atomic E-state index is 0.551. The highest BCUT2D eigenvalue weighted by molar-refractivity contribution is 6.33. The molecule has 0 fully saturated rings. The summed E-state index contributed by atoms with van der Waals surface area (Å²) in [4.78, 5) is 0. The van der Waals surface area contributed by atoms with Crippen molar-refractivity contribution in [1.29, 1.82) is 0 Å². The van der Waals surface area contributed by atoms with Crippen molar-refractivity contribution < 1.29 is 4.74 Å². The lowest BCUT2D eigenvalue weighted by molar-refractivity contribution is 0.415. The molecule has 2 aromatic rings. The Morgan fingerprint density at radius 3 is 2.70 bits per heavy atom. The summed E-state index contributed by atoms with van der Waals surface area (Å²) in [7, 11) is 3.51. The van der Waals surface area contributed by atoms with Crippen LogP contribution >= 0.6 is 23.2 Å². The largest absolute Gasteiger partial charge is 0.497 e. The molecule has 6 heteroatoms. The van der Waals surface area contributed by atoms with Crippen LogP contribution in [0.2, 0.25) is 10.0 Å². The zero-order valence-electron chi connectivity index (χ0n) is 11.7. The molecule has 0 atom stereocenters. The van der Waals surface area contributed by atoms with Gasteiger partial charge in [0.1, 0.15) is 5.75 Å². The van der Waals surface area contributed by atoms with E-state index in [2.05, 4.69) is 10.4 Å². The maximum absolute atomic E-state index is 6.31. The predicted molar refractivity (Wildman–Crippen MR) is 82.9 cm³/mol. The van der Waals surface area contributed by atoms with Crippen molar-refractivity contribution in [2.75, 3.05) is 12.4 Å². The van der Waals surface area contributed by atoms with Crippen molar-refractivity contribution in [1.82, 2.24) is 9.78 Å². The van der Waals surface area contributed by atoms with Crippen molar-refractivity contribution in [3.8, 4) is 5.75 Å². The zero-order valence-corrected chi connectivity index (χ0v) is 13.2. The van der Waals surface area contributed by atoms with Gasteiger partial charge in [0.25, 0.3) is 0 Å². The maximum Gasteiger partial charge on any atom is 0.121 e. The molecule has 0 radical (unpaired) electrons. The molecule has 0 saturated heterocycles. The molecule has 0 saturated carbocycles. The standard InChI is InChI=1S/C14H17Cl2N3O/c1-4-11-14(16)13(19(2)18-11)8-17-12-7-9(20-3)5-6-10(12)15/h5-7,17H,4,8H2,1-3H3. The Morgan fingerprint density at radius 1 is 1.35 bits per heavy atom. The Kier molecular flexibility index (Phi) is 4.78. The van der Waals surface area contributed by atoms with E-state index in [0.717, 1.165) is 29.2 Å². The average Bonchev–Trinajstić information content (AvgIpc) is 2.73. The van der Waals surface area contributed by atoms with Gasteiger partial charge in [-0.1, -0.05) is 30.1 Å². The van der Waals surface area contributed by atoms with E-state index in [4.69, 9.17) is 27.9 Å². The van der Waals surface area contributed by atoms with Gasteiger partial charge in [-0.3, -0.25) is 4.68 Å². The number of aryl methyl sites for hydroxylation is 2. The van der Waals surface area contributed by atoms with E-state index in [0.29, 0.717) is 16.6 Å². The Bertz CT molecular complexity index is 611. The SMILES string of the molecule is CCc1nn(C)c(CNc2cc(OC)ccc2Cl)c1Cl. The first-order valence-corrected chi connectivity index (χ1v) is 7.10. The predicted octanol–water partition coefficient (Wildman–Crippen LogP) is 3.91. The second kappa shape index (κ2) is 6.37. The minimum atomic E-state index is 0.551. The van der Waals surface area contributed by atoms with E-state index in [1.807, 2.05) is 26.1 Å². The van der Waals surface area contributed by atoms with Crippen molar-refractivity contribution >= 4 is 28.9 Å². The van der Waals surface area contributed by atoms with Gasteiger partial charge in [-0.2, -0.15) is 5.10 Å². The smallest absolute Gasteiger partial charge is 0.121 e. The summed E-state index contributed by atoms with van der Waals surface area (Å²) < 4.78 is 6.98. The van der Waals surface area contributed by atoms with Crippen LogP contribution in [-0.2, 0) is 20.0 Å². The molecule has 0 aliphatic carbocycles. The van der Waals surface area contributed by atoms with Crippen molar-refractivity contribution in [2.45, 2.75) is 19.9 Å². The monoisotopic (exact) mass is 313 g/mol. The molecule has 0 amide bonds. The van der Waals surface area contributed by atoms with E-state index >= 15 is 0 Å². The number of rotatable bonds is 5. The highest BCUT2D eigenvalue weighted by atomic mass is 35.5. The molecular formula is C14H17Cl2N3O. The number of benzene rings is 1. The van der Waals surface area contributed by atoms with Crippen molar-refractivity contribution in [2.24, 2.45) is 7.05 Å². The van der Waals surface area contributed by atoms with Gasteiger partial charge in [-0.15, -0.1) is 0 Å². The van der Waals surface area contributed by atoms with Gasteiger partial charge in [0.15, 0.2) is 0 Å². The Labute approximate surface area is 128 Å². The van der Waals surface area contributed by atoms with Crippen LogP contribution < -0.4 is 10.1 Å². The third-order valence-corrected chi connectivity index (χ3v) is 3.89. The summed E-state index contributed by atoms with van der Waals surface area (Å²) in [5, 5.41) is 9.00. The second-order valence-electron chi connectivity index (χ2n) is 4.38. The molecule has 0 bridgehead atoms. The van der Waals surface area contributed by atoms with Gasteiger partial charge in [0.2, 0.25) is 0 Å². The maximum atomic E-state index is 6.31. The molecular weight excluding hydrogens is 297 g/mol. The molecule has 1 aromatic carbocycles. The summed E-state index contributed by atoms with van der Waals surface area (Å²) >= 11 is 12.5. The Balaban J connectivity index is 2.18. The van der Waals surface area contributed by atoms with Gasteiger partial charge in [-0.25, -0.2) is 0 Å². The van der Waals surface area contributed by atoms with Crippen LogP contribution in [0.4, 0.5) is 5.69 Å². The first-order valence-electron chi connectivity index (χ1n) is 6.34. The van der Waals surface area contributed by atoms with Crippen molar-refractivity contribution in [3.63, 3.8) is 0 Å². The van der Waals surface area contributed by atoms with Crippen LogP contribution in [0.5, 0.6) is 5.75 Å². The highest BCUT2D eigenvalue weighted by Crippen LogP contribution is 2.28. The lowest BCUT2D eigenvalue weighted by Crippen LogP contribution is -2.06. The molecule has 2 rings (SSSR count). The van der Waals surface area contributed by atoms with Crippen molar-refractivity contribution in [3.05, 3.63) is 39.6 Å². The first kappa shape index (κ1) is 15.0. The van der Waals surface area contributed by atoms with Crippen LogP contribution in [0.25, 0.3) is 0 Å². The number of ether oxygens (including phenoxy) is 1. The molecule has 4 nitrogen and oxygen atoms in total. The number of nitrogens with one attached hydrogen (secondary N) is 1. The second-order valence-corrected chi connectivity index (χ2v) is 5.17. The molecule has 0 aliphatic heterocycles. The molecule has 108 valence electrons. The lowest BCUT2D eigenvalue weighted by Gasteiger charge is -2.10. The van der Waals surface area contributed by atoms with Crippen LogP contribution in [0.1, 0.15) is 18.3 Å². The lowest BCUT2D eigenvalue weighted by atomic mass is 10.2.